The van der Waals surface area contributed by atoms with E-state index in [4.69, 9.17) is 4.74 Å². The quantitative estimate of drug-likeness (QED) is 0.831. The van der Waals surface area contributed by atoms with Crippen LogP contribution >= 0.6 is 0 Å². The van der Waals surface area contributed by atoms with Crippen molar-refractivity contribution < 1.29 is 4.74 Å². The first kappa shape index (κ1) is 16.2. The third kappa shape index (κ3) is 4.38. The van der Waals surface area contributed by atoms with E-state index in [-0.39, 0.29) is 0 Å². The Kier molecular flexibility index (Phi) is 5.53. The summed E-state index contributed by atoms with van der Waals surface area (Å²) in [6.45, 7) is 13.3. The van der Waals surface area contributed by atoms with Crippen LogP contribution in [-0.2, 0) is 4.74 Å². The van der Waals surface area contributed by atoms with Gasteiger partial charge in [0, 0.05) is 44.5 Å². The average molecular weight is 292 g/mol. The van der Waals surface area contributed by atoms with Crippen LogP contribution in [0, 0.1) is 6.92 Å². The van der Waals surface area contributed by atoms with Gasteiger partial charge in [-0.1, -0.05) is 13.8 Å². The normalized spacial score (nSPS) is 18.0. The van der Waals surface area contributed by atoms with Gasteiger partial charge >= 0.3 is 0 Å². The molecule has 2 rings (SSSR count). The Hall–Kier alpha value is -1.20. The number of morpholine rings is 1. The Morgan fingerprint density at radius 1 is 1.24 bits per heavy atom. The van der Waals surface area contributed by atoms with Gasteiger partial charge in [0.1, 0.15) is 11.6 Å². The molecule has 5 nitrogen and oxygen atoms in total. The first-order chi connectivity index (χ1) is 9.97. The van der Waals surface area contributed by atoms with E-state index in [9.17, 15) is 0 Å². The van der Waals surface area contributed by atoms with Crippen LogP contribution in [0.25, 0.3) is 0 Å². The number of likely N-dealkylation sites (N-methyl/N-ethyl adjacent to an activating group) is 1. The number of anilines is 1. The van der Waals surface area contributed by atoms with E-state index < -0.39 is 0 Å². The van der Waals surface area contributed by atoms with Crippen molar-refractivity contribution in [2.45, 2.75) is 39.7 Å². The van der Waals surface area contributed by atoms with Gasteiger partial charge in [-0.3, -0.25) is 4.90 Å². The molecule has 1 aliphatic heterocycles. The van der Waals surface area contributed by atoms with Crippen molar-refractivity contribution in [1.29, 1.82) is 0 Å². The predicted octanol–water partition coefficient (Wildman–Crippen LogP) is 2.07. The first-order valence-corrected chi connectivity index (χ1v) is 7.86. The van der Waals surface area contributed by atoms with Gasteiger partial charge in [-0.15, -0.1) is 0 Å². The van der Waals surface area contributed by atoms with E-state index in [1.165, 1.54) is 0 Å². The van der Waals surface area contributed by atoms with Crippen molar-refractivity contribution in [2.75, 3.05) is 44.8 Å². The molecule has 1 fully saturated rings. The molecule has 0 spiro atoms. The molecule has 1 aromatic rings. The average Bonchev–Trinajstić information content (AvgIpc) is 2.47. The van der Waals surface area contributed by atoms with Gasteiger partial charge in [0.25, 0.3) is 0 Å². The summed E-state index contributed by atoms with van der Waals surface area (Å²) in [6, 6.07) is 2.61. The zero-order valence-electron chi connectivity index (χ0n) is 14.0. The molecule has 0 amide bonds. The molecule has 1 atom stereocenters. The molecule has 0 N–H and O–H groups in total. The highest BCUT2D eigenvalue weighted by Gasteiger charge is 2.19. The van der Waals surface area contributed by atoms with Crippen molar-refractivity contribution >= 4 is 5.82 Å². The fourth-order valence-electron chi connectivity index (χ4n) is 2.69. The zero-order valence-corrected chi connectivity index (χ0v) is 14.0. The van der Waals surface area contributed by atoms with E-state index in [1.54, 1.807) is 0 Å². The maximum atomic E-state index is 5.42. The number of aromatic nitrogens is 2. The maximum Gasteiger partial charge on any atom is 0.132 e. The number of ether oxygens (including phenoxy) is 1. The Labute approximate surface area is 128 Å². The Morgan fingerprint density at radius 3 is 2.52 bits per heavy atom. The highest BCUT2D eigenvalue weighted by molar-refractivity contribution is 5.39. The van der Waals surface area contributed by atoms with Gasteiger partial charge in [-0.2, -0.15) is 0 Å². The Balaban J connectivity index is 2.03. The minimum atomic E-state index is 0.426. The van der Waals surface area contributed by atoms with Crippen LogP contribution < -0.4 is 4.90 Å². The summed E-state index contributed by atoms with van der Waals surface area (Å²) in [7, 11) is 2.11. The van der Waals surface area contributed by atoms with Crippen molar-refractivity contribution in [3.8, 4) is 0 Å². The highest BCUT2D eigenvalue weighted by atomic mass is 16.5. The molecular formula is C16H28N4O. The van der Waals surface area contributed by atoms with Crippen LogP contribution in [0.1, 0.15) is 38.2 Å². The second-order valence-electron chi connectivity index (χ2n) is 6.23. The van der Waals surface area contributed by atoms with Gasteiger partial charge in [-0.05, 0) is 19.8 Å². The van der Waals surface area contributed by atoms with Crippen molar-refractivity contribution in [3.05, 3.63) is 17.6 Å². The molecule has 0 aliphatic carbocycles. The monoisotopic (exact) mass is 292 g/mol. The SMILES string of the molecule is Cc1nc(C(C)C)cc(N(C)C[C@@H](C)N2CCOCC2)n1. The van der Waals surface area contributed by atoms with E-state index in [2.05, 4.69) is 53.7 Å². The lowest BCUT2D eigenvalue weighted by atomic mass is 10.1. The van der Waals surface area contributed by atoms with Crippen molar-refractivity contribution in [3.63, 3.8) is 0 Å². The standard InChI is InChI=1S/C16H28N4O/c1-12(2)15-10-16(18-14(4)17-15)19(5)11-13(3)20-6-8-21-9-7-20/h10,12-13H,6-9,11H2,1-5H3/t13-/m1/s1. The van der Waals surface area contributed by atoms with Gasteiger partial charge in [-0.25, -0.2) is 9.97 Å². The fraction of sp³-hybridized carbons (Fsp3) is 0.750. The number of hydrogen-bond acceptors (Lipinski definition) is 5. The van der Waals surface area contributed by atoms with Crippen LogP contribution in [0.15, 0.2) is 6.07 Å². The molecule has 1 aliphatic rings. The third-order valence-corrected chi connectivity index (χ3v) is 4.03. The molecular weight excluding hydrogens is 264 g/mol. The number of aryl methyl sites for hydroxylation is 1. The van der Waals surface area contributed by atoms with Crippen molar-refractivity contribution in [1.82, 2.24) is 14.9 Å². The number of hydrogen-bond donors (Lipinski definition) is 0. The fourth-order valence-corrected chi connectivity index (χ4v) is 2.69. The Bertz CT molecular complexity index is 458. The van der Waals surface area contributed by atoms with Gasteiger partial charge < -0.3 is 9.64 Å². The summed E-state index contributed by atoms with van der Waals surface area (Å²) in [5.41, 5.74) is 1.11. The van der Waals surface area contributed by atoms with Crippen LogP contribution in [0.2, 0.25) is 0 Å². The summed E-state index contributed by atoms with van der Waals surface area (Å²) in [5.74, 6) is 2.30. The number of nitrogens with zero attached hydrogens (tertiary/aromatic N) is 4. The second kappa shape index (κ2) is 7.18. The van der Waals surface area contributed by atoms with Crippen LogP contribution in [0.3, 0.4) is 0 Å². The smallest absolute Gasteiger partial charge is 0.132 e. The van der Waals surface area contributed by atoms with Crippen molar-refractivity contribution in [2.24, 2.45) is 0 Å². The molecule has 0 radical (unpaired) electrons. The van der Waals surface area contributed by atoms with E-state index >= 15 is 0 Å². The summed E-state index contributed by atoms with van der Waals surface area (Å²) < 4.78 is 5.42. The molecule has 0 aromatic carbocycles. The first-order valence-electron chi connectivity index (χ1n) is 7.86. The molecule has 0 bridgehead atoms. The van der Waals surface area contributed by atoms with Crippen LogP contribution in [-0.4, -0.2) is 60.8 Å². The van der Waals surface area contributed by atoms with Gasteiger partial charge in [0.05, 0.1) is 13.2 Å². The molecule has 1 saturated heterocycles. The lowest BCUT2D eigenvalue weighted by Gasteiger charge is -2.34. The van der Waals surface area contributed by atoms with Gasteiger partial charge in [0.2, 0.25) is 0 Å². The minimum Gasteiger partial charge on any atom is -0.379 e. The molecule has 21 heavy (non-hydrogen) atoms. The third-order valence-electron chi connectivity index (χ3n) is 4.03. The van der Waals surface area contributed by atoms with E-state index in [1.807, 2.05) is 6.92 Å². The van der Waals surface area contributed by atoms with E-state index in [0.29, 0.717) is 12.0 Å². The molecule has 1 aromatic heterocycles. The maximum absolute atomic E-state index is 5.42. The highest BCUT2D eigenvalue weighted by Crippen LogP contribution is 2.18. The topological polar surface area (TPSA) is 41.5 Å². The zero-order chi connectivity index (χ0) is 15.4. The summed E-state index contributed by atoms with van der Waals surface area (Å²) in [6.07, 6.45) is 0. The van der Waals surface area contributed by atoms with E-state index in [0.717, 1.165) is 50.2 Å². The molecule has 2 heterocycles. The molecule has 118 valence electrons. The molecule has 5 heteroatoms. The van der Waals surface area contributed by atoms with Crippen LogP contribution in [0.4, 0.5) is 5.82 Å². The largest absolute Gasteiger partial charge is 0.379 e. The van der Waals surface area contributed by atoms with Gasteiger partial charge in [0.15, 0.2) is 0 Å². The molecule has 0 unspecified atom stereocenters. The lowest BCUT2D eigenvalue weighted by Crippen LogP contribution is -2.46. The molecule has 0 saturated carbocycles. The second-order valence-corrected chi connectivity index (χ2v) is 6.23. The Morgan fingerprint density at radius 2 is 1.90 bits per heavy atom. The predicted molar refractivity (Wildman–Crippen MR) is 86.0 cm³/mol. The van der Waals surface area contributed by atoms with Crippen LogP contribution in [0.5, 0.6) is 0 Å². The number of rotatable bonds is 5. The minimum absolute atomic E-state index is 0.426. The summed E-state index contributed by atoms with van der Waals surface area (Å²) in [5, 5.41) is 0. The summed E-state index contributed by atoms with van der Waals surface area (Å²) in [4.78, 5) is 13.8. The lowest BCUT2D eigenvalue weighted by molar-refractivity contribution is 0.0218. The summed E-state index contributed by atoms with van der Waals surface area (Å²) >= 11 is 0.